The van der Waals surface area contributed by atoms with Gasteiger partial charge in [0.15, 0.2) is 0 Å². The van der Waals surface area contributed by atoms with E-state index in [1.807, 2.05) is 0 Å². The number of carboxylic acids is 1. The summed E-state index contributed by atoms with van der Waals surface area (Å²) < 4.78 is 1.35. The first-order chi connectivity index (χ1) is 9.40. The predicted molar refractivity (Wildman–Crippen MR) is 74.0 cm³/mol. The molecular formula is C12H11ClN4O3. The zero-order valence-electron chi connectivity index (χ0n) is 10.4. The van der Waals surface area contributed by atoms with Gasteiger partial charge in [0, 0.05) is 7.05 Å². The third-order valence-electron chi connectivity index (χ3n) is 2.69. The highest BCUT2D eigenvalue weighted by Gasteiger charge is 2.16. The van der Waals surface area contributed by atoms with Crippen LogP contribution in [0.1, 0.15) is 20.7 Å². The van der Waals surface area contributed by atoms with Gasteiger partial charge in [0.1, 0.15) is 11.4 Å². The standard InChI is InChI=1S/C12H11ClN4O3/c1-17-10(14)7(5-15-17)11(18)16-9-4-6(12(19)20)2-3-8(9)13/h2-5H,14H2,1H3,(H,16,18)(H,19,20). The van der Waals surface area contributed by atoms with Crippen molar-refractivity contribution in [3.8, 4) is 0 Å². The lowest BCUT2D eigenvalue weighted by Gasteiger charge is -2.07. The summed E-state index contributed by atoms with van der Waals surface area (Å²) in [5, 5.41) is 15.5. The Labute approximate surface area is 119 Å². The summed E-state index contributed by atoms with van der Waals surface area (Å²) in [5.41, 5.74) is 6.08. The second-order valence-electron chi connectivity index (χ2n) is 4.02. The van der Waals surface area contributed by atoms with Crippen LogP contribution in [0.3, 0.4) is 0 Å². The first-order valence-corrected chi connectivity index (χ1v) is 5.89. The quantitative estimate of drug-likeness (QED) is 0.796. The molecule has 0 aliphatic heterocycles. The van der Waals surface area contributed by atoms with Crippen LogP contribution in [0.4, 0.5) is 11.5 Å². The number of carbonyl (C=O) groups is 2. The highest BCUT2D eigenvalue weighted by atomic mass is 35.5. The number of rotatable bonds is 3. The van der Waals surface area contributed by atoms with Gasteiger partial charge in [0.25, 0.3) is 5.91 Å². The lowest BCUT2D eigenvalue weighted by molar-refractivity contribution is 0.0696. The molecule has 0 saturated heterocycles. The van der Waals surface area contributed by atoms with E-state index in [4.69, 9.17) is 22.4 Å². The maximum absolute atomic E-state index is 12.0. The van der Waals surface area contributed by atoms with Crippen molar-refractivity contribution in [2.24, 2.45) is 7.05 Å². The number of carbonyl (C=O) groups excluding carboxylic acids is 1. The van der Waals surface area contributed by atoms with E-state index < -0.39 is 11.9 Å². The molecule has 8 heteroatoms. The molecule has 2 aromatic rings. The number of aromatic carboxylic acids is 1. The number of nitrogens with zero attached hydrogens (tertiary/aromatic N) is 2. The van der Waals surface area contributed by atoms with Crippen LogP contribution < -0.4 is 11.1 Å². The smallest absolute Gasteiger partial charge is 0.335 e. The van der Waals surface area contributed by atoms with Crippen molar-refractivity contribution in [1.29, 1.82) is 0 Å². The van der Waals surface area contributed by atoms with Crippen LogP contribution in [-0.2, 0) is 7.05 Å². The molecule has 4 N–H and O–H groups in total. The number of amides is 1. The van der Waals surface area contributed by atoms with Crippen LogP contribution in [-0.4, -0.2) is 26.8 Å². The minimum Gasteiger partial charge on any atom is -0.478 e. The molecule has 104 valence electrons. The maximum atomic E-state index is 12.0. The Morgan fingerprint density at radius 2 is 2.15 bits per heavy atom. The summed E-state index contributed by atoms with van der Waals surface area (Å²) in [5.74, 6) is -1.42. The van der Waals surface area contributed by atoms with Gasteiger partial charge in [-0.25, -0.2) is 4.79 Å². The highest BCUT2D eigenvalue weighted by molar-refractivity contribution is 6.34. The van der Waals surface area contributed by atoms with Crippen molar-refractivity contribution >= 4 is 35.0 Å². The number of aromatic nitrogens is 2. The van der Waals surface area contributed by atoms with E-state index in [9.17, 15) is 9.59 Å². The van der Waals surface area contributed by atoms with Crippen LogP contribution in [0, 0.1) is 0 Å². The van der Waals surface area contributed by atoms with Crippen LogP contribution in [0.5, 0.6) is 0 Å². The van der Waals surface area contributed by atoms with Gasteiger partial charge in [0.05, 0.1) is 22.5 Å². The van der Waals surface area contributed by atoms with Gasteiger partial charge in [-0.2, -0.15) is 5.10 Å². The van der Waals surface area contributed by atoms with Gasteiger partial charge in [0.2, 0.25) is 0 Å². The molecule has 0 radical (unpaired) electrons. The Hall–Kier alpha value is -2.54. The molecule has 0 aliphatic rings. The molecule has 20 heavy (non-hydrogen) atoms. The average Bonchev–Trinajstić information content (AvgIpc) is 2.72. The van der Waals surface area contributed by atoms with Crippen molar-refractivity contribution < 1.29 is 14.7 Å². The molecule has 0 aliphatic carbocycles. The van der Waals surface area contributed by atoms with Gasteiger partial charge in [-0.15, -0.1) is 0 Å². The number of nitrogens with two attached hydrogens (primary N) is 1. The fourth-order valence-electron chi connectivity index (χ4n) is 1.57. The van der Waals surface area contributed by atoms with E-state index in [1.54, 1.807) is 7.05 Å². The number of benzene rings is 1. The number of hydrogen-bond acceptors (Lipinski definition) is 4. The topological polar surface area (TPSA) is 110 Å². The zero-order chi connectivity index (χ0) is 14.9. The van der Waals surface area contributed by atoms with E-state index in [0.717, 1.165) is 0 Å². The van der Waals surface area contributed by atoms with Gasteiger partial charge in [-0.1, -0.05) is 11.6 Å². The van der Waals surface area contributed by atoms with Crippen molar-refractivity contribution in [2.75, 3.05) is 11.1 Å². The summed E-state index contributed by atoms with van der Waals surface area (Å²) in [7, 11) is 1.60. The Morgan fingerprint density at radius 3 is 2.70 bits per heavy atom. The predicted octanol–water partition coefficient (Wildman–Crippen LogP) is 1.61. The summed E-state index contributed by atoms with van der Waals surface area (Å²) in [6, 6.07) is 4.01. The van der Waals surface area contributed by atoms with Crippen molar-refractivity contribution in [1.82, 2.24) is 9.78 Å². The average molecular weight is 295 g/mol. The molecule has 0 fully saturated rings. The van der Waals surface area contributed by atoms with Crippen molar-refractivity contribution in [3.63, 3.8) is 0 Å². The molecule has 1 amide bonds. The summed E-state index contributed by atoms with van der Waals surface area (Å²) in [6.07, 6.45) is 1.32. The first kappa shape index (κ1) is 13.9. The summed E-state index contributed by atoms with van der Waals surface area (Å²) in [4.78, 5) is 22.9. The first-order valence-electron chi connectivity index (χ1n) is 5.52. The van der Waals surface area contributed by atoms with E-state index in [1.165, 1.54) is 29.1 Å². The molecule has 1 aromatic heterocycles. The van der Waals surface area contributed by atoms with E-state index in [0.29, 0.717) is 0 Å². The molecule has 7 nitrogen and oxygen atoms in total. The van der Waals surface area contributed by atoms with Crippen LogP contribution >= 0.6 is 11.6 Å². The lowest BCUT2D eigenvalue weighted by Crippen LogP contribution is -2.14. The fraction of sp³-hybridized carbons (Fsp3) is 0.0833. The number of nitrogen functional groups attached to an aromatic ring is 1. The van der Waals surface area contributed by atoms with E-state index in [2.05, 4.69) is 10.4 Å². The third-order valence-corrected chi connectivity index (χ3v) is 3.02. The highest BCUT2D eigenvalue weighted by Crippen LogP contribution is 2.24. The maximum Gasteiger partial charge on any atom is 0.335 e. The minimum atomic E-state index is -1.11. The Balaban J connectivity index is 2.30. The number of halogens is 1. The number of aryl methyl sites for hydroxylation is 1. The van der Waals surface area contributed by atoms with Gasteiger partial charge >= 0.3 is 5.97 Å². The SMILES string of the molecule is Cn1ncc(C(=O)Nc2cc(C(=O)O)ccc2Cl)c1N. The molecule has 1 heterocycles. The van der Waals surface area contributed by atoms with Gasteiger partial charge in [-0.05, 0) is 18.2 Å². The van der Waals surface area contributed by atoms with Crippen molar-refractivity contribution in [3.05, 3.63) is 40.5 Å². The molecule has 1 aromatic carbocycles. The number of hydrogen-bond donors (Lipinski definition) is 3. The summed E-state index contributed by atoms with van der Waals surface area (Å²) in [6.45, 7) is 0. The third kappa shape index (κ3) is 2.57. The molecule has 0 saturated carbocycles. The second-order valence-corrected chi connectivity index (χ2v) is 4.43. The van der Waals surface area contributed by atoms with Gasteiger partial charge in [-0.3, -0.25) is 9.48 Å². The molecule has 0 spiro atoms. The molecular weight excluding hydrogens is 284 g/mol. The van der Waals surface area contributed by atoms with Crippen LogP contribution in [0.15, 0.2) is 24.4 Å². The fourth-order valence-corrected chi connectivity index (χ4v) is 1.73. The largest absolute Gasteiger partial charge is 0.478 e. The van der Waals surface area contributed by atoms with E-state index in [-0.39, 0.29) is 27.7 Å². The van der Waals surface area contributed by atoms with Gasteiger partial charge < -0.3 is 16.2 Å². The van der Waals surface area contributed by atoms with Crippen molar-refractivity contribution in [2.45, 2.75) is 0 Å². The monoisotopic (exact) mass is 294 g/mol. The second kappa shape index (κ2) is 5.22. The Bertz CT molecular complexity index is 696. The zero-order valence-corrected chi connectivity index (χ0v) is 11.2. The summed E-state index contributed by atoms with van der Waals surface area (Å²) >= 11 is 5.92. The van der Waals surface area contributed by atoms with Crippen LogP contribution in [0.2, 0.25) is 5.02 Å². The van der Waals surface area contributed by atoms with Crippen LogP contribution in [0.25, 0.3) is 0 Å². The molecule has 2 rings (SSSR count). The normalized spacial score (nSPS) is 10.3. The Kier molecular flexibility index (Phi) is 3.62. The number of carboxylic acid groups (broad SMARTS) is 1. The molecule has 0 unspecified atom stereocenters. The minimum absolute atomic E-state index is 0.0175. The molecule has 0 bridgehead atoms. The Morgan fingerprint density at radius 1 is 1.45 bits per heavy atom. The molecule has 0 atom stereocenters. The number of nitrogens with one attached hydrogen (secondary N) is 1. The lowest BCUT2D eigenvalue weighted by atomic mass is 10.2. The number of anilines is 2. The van der Waals surface area contributed by atoms with E-state index >= 15 is 0 Å².